The number of hydrogen-bond donors (Lipinski definition) is 2. The van der Waals surface area contributed by atoms with E-state index < -0.39 is 11.5 Å². The van der Waals surface area contributed by atoms with Crippen LogP contribution in [0.25, 0.3) is 0 Å². The standard InChI is InChI=1S/C13H16N2O3/c1-3-13(2,17)8-5-6-4-7(8)11-9(6)10(12(14)16)15-18-11/h1,6-9,11,17H,4-5H2,2H3,(H2,14,16)/t6-,7-,8-,9+,11-,13+/m1/s1. The summed E-state index contributed by atoms with van der Waals surface area (Å²) in [5.74, 6) is 2.41. The lowest BCUT2D eigenvalue weighted by Crippen LogP contribution is -2.45. The highest BCUT2D eigenvalue weighted by molar-refractivity contribution is 6.39. The quantitative estimate of drug-likeness (QED) is 0.668. The van der Waals surface area contributed by atoms with E-state index in [-0.39, 0.29) is 23.9 Å². The molecular formula is C13H16N2O3. The molecule has 6 atom stereocenters. The van der Waals surface area contributed by atoms with Crippen molar-refractivity contribution in [2.24, 2.45) is 34.6 Å². The second kappa shape index (κ2) is 3.48. The maximum atomic E-state index is 11.3. The summed E-state index contributed by atoms with van der Waals surface area (Å²) in [5, 5.41) is 14.0. The molecule has 3 N–H and O–H groups in total. The first-order valence-corrected chi connectivity index (χ1v) is 6.19. The van der Waals surface area contributed by atoms with Crippen LogP contribution in [0.1, 0.15) is 19.8 Å². The van der Waals surface area contributed by atoms with Crippen molar-refractivity contribution in [1.29, 1.82) is 0 Å². The molecule has 0 saturated heterocycles. The van der Waals surface area contributed by atoms with Crippen LogP contribution >= 0.6 is 0 Å². The Labute approximate surface area is 105 Å². The van der Waals surface area contributed by atoms with Crippen molar-refractivity contribution in [3.8, 4) is 12.3 Å². The second-order valence-corrected chi connectivity index (χ2v) is 5.73. The van der Waals surface area contributed by atoms with Crippen LogP contribution in [-0.4, -0.2) is 28.4 Å². The van der Waals surface area contributed by atoms with Crippen molar-refractivity contribution in [3.63, 3.8) is 0 Å². The van der Waals surface area contributed by atoms with Gasteiger partial charge in [0.05, 0.1) is 5.92 Å². The van der Waals surface area contributed by atoms with E-state index in [1.165, 1.54) is 0 Å². The minimum atomic E-state index is -1.12. The van der Waals surface area contributed by atoms with Gasteiger partial charge in [0.1, 0.15) is 11.7 Å². The average molecular weight is 248 g/mol. The number of nitrogens with zero attached hydrogens (tertiary/aromatic N) is 1. The van der Waals surface area contributed by atoms with E-state index in [0.717, 1.165) is 12.8 Å². The number of carbonyl (C=O) groups is 1. The molecule has 0 spiro atoms. The lowest BCUT2D eigenvalue weighted by Gasteiger charge is -2.36. The van der Waals surface area contributed by atoms with Crippen LogP contribution in [0, 0.1) is 36.0 Å². The molecule has 1 aliphatic heterocycles. The Morgan fingerprint density at radius 1 is 1.67 bits per heavy atom. The number of amides is 1. The van der Waals surface area contributed by atoms with Crippen molar-refractivity contribution in [2.45, 2.75) is 31.5 Å². The minimum Gasteiger partial charge on any atom is -0.391 e. The molecule has 5 nitrogen and oxygen atoms in total. The van der Waals surface area contributed by atoms with Gasteiger partial charge in [-0.25, -0.2) is 0 Å². The summed E-state index contributed by atoms with van der Waals surface area (Å²) in [6.45, 7) is 1.66. The summed E-state index contributed by atoms with van der Waals surface area (Å²) in [4.78, 5) is 16.6. The number of fused-ring (bicyclic) bond motifs is 5. The van der Waals surface area contributed by atoms with Crippen LogP contribution in [0.2, 0.25) is 0 Å². The molecule has 2 saturated carbocycles. The summed E-state index contributed by atoms with van der Waals surface area (Å²) >= 11 is 0. The highest BCUT2D eigenvalue weighted by atomic mass is 16.6. The molecule has 0 radical (unpaired) electrons. The number of hydrogen-bond acceptors (Lipinski definition) is 4. The second-order valence-electron chi connectivity index (χ2n) is 5.73. The number of carbonyl (C=O) groups excluding carboxylic acids is 1. The number of oxime groups is 1. The van der Waals surface area contributed by atoms with E-state index in [9.17, 15) is 9.90 Å². The van der Waals surface area contributed by atoms with Gasteiger partial charge in [-0.1, -0.05) is 11.1 Å². The molecule has 0 aromatic heterocycles. The summed E-state index contributed by atoms with van der Waals surface area (Å²) in [5.41, 5.74) is 4.53. The zero-order valence-corrected chi connectivity index (χ0v) is 10.2. The predicted octanol–water partition coefficient (Wildman–Crippen LogP) is -0.117. The van der Waals surface area contributed by atoms with Gasteiger partial charge in [-0.15, -0.1) is 6.42 Å². The van der Waals surface area contributed by atoms with Crippen LogP contribution < -0.4 is 5.73 Å². The Bertz CT molecular complexity index is 477. The number of rotatable bonds is 2. The number of terminal acetylenes is 1. The molecule has 0 unspecified atom stereocenters. The lowest BCUT2D eigenvalue weighted by atomic mass is 9.72. The smallest absolute Gasteiger partial charge is 0.266 e. The Morgan fingerprint density at radius 3 is 3.00 bits per heavy atom. The molecule has 5 heteroatoms. The molecule has 2 fully saturated rings. The van der Waals surface area contributed by atoms with Gasteiger partial charge >= 0.3 is 0 Å². The Hall–Kier alpha value is -1.54. The Balaban J connectivity index is 1.85. The van der Waals surface area contributed by atoms with Crippen molar-refractivity contribution in [1.82, 2.24) is 0 Å². The fraction of sp³-hybridized carbons (Fsp3) is 0.692. The minimum absolute atomic E-state index is 0.00248. The zero-order valence-electron chi connectivity index (χ0n) is 10.2. The molecule has 0 aromatic carbocycles. The van der Waals surface area contributed by atoms with Crippen LogP contribution in [0.3, 0.4) is 0 Å². The number of nitrogens with two attached hydrogens (primary N) is 1. The number of aliphatic hydroxyl groups is 1. The summed E-state index contributed by atoms with van der Waals surface area (Å²) in [6, 6.07) is 0. The summed E-state index contributed by atoms with van der Waals surface area (Å²) < 4.78 is 0. The van der Waals surface area contributed by atoms with Gasteiger partial charge < -0.3 is 15.7 Å². The first-order valence-electron chi connectivity index (χ1n) is 6.19. The topological polar surface area (TPSA) is 84.9 Å². The third kappa shape index (κ3) is 1.33. The predicted molar refractivity (Wildman–Crippen MR) is 64.2 cm³/mol. The normalized spacial score (nSPS) is 43.6. The molecule has 2 bridgehead atoms. The molecule has 96 valence electrons. The van der Waals surface area contributed by atoms with Crippen LogP contribution in [-0.2, 0) is 9.63 Å². The largest absolute Gasteiger partial charge is 0.391 e. The van der Waals surface area contributed by atoms with Gasteiger partial charge in [0.25, 0.3) is 5.91 Å². The van der Waals surface area contributed by atoms with E-state index in [2.05, 4.69) is 11.1 Å². The van der Waals surface area contributed by atoms with Crippen LogP contribution in [0.4, 0.5) is 0 Å². The highest BCUT2D eigenvalue weighted by Crippen LogP contribution is 2.57. The molecule has 1 amide bonds. The fourth-order valence-corrected chi connectivity index (χ4v) is 3.97. The molecule has 2 aliphatic carbocycles. The van der Waals surface area contributed by atoms with Crippen LogP contribution in [0.15, 0.2) is 5.16 Å². The SMILES string of the molecule is C#C[C@](C)(O)[C@@H]1C[C@H]2C[C@H]1[C@H]1ON=C(C(N)=O)[C@H]21. The molecule has 18 heavy (non-hydrogen) atoms. The monoisotopic (exact) mass is 248 g/mol. The first-order chi connectivity index (χ1) is 8.45. The van der Waals surface area contributed by atoms with Crippen LogP contribution in [0.5, 0.6) is 0 Å². The lowest BCUT2D eigenvalue weighted by molar-refractivity contribution is -0.112. The van der Waals surface area contributed by atoms with E-state index >= 15 is 0 Å². The Morgan fingerprint density at radius 2 is 2.39 bits per heavy atom. The van der Waals surface area contributed by atoms with Crippen molar-refractivity contribution in [2.75, 3.05) is 0 Å². The zero-order chi connectivity index (χ0) is 13.1. The number of primary amides is 1. The first kappa shape index (κ1) is 11.5. The molecule has 1 heterocycles. The van der Waals surface area contributed by atoms with Crippen molar-refractivity contribution in [3.05, 3.63) is 0 Å². The summed E-state index contributed by atoms with van der Waals surface area (Å²) in [6.07, 6.45) is 6.97. The molecule has 3 aliphatic rings. The maximum absolute atomic E-state index is 11.3. The average Bonchev–Trinajstić information content (AvgIpc) is 2.99. The van der Waals surface area contributed by atoms with E-state index in [0.29, 0.717) is 11.6 Å². The summed E-state index contributed by atoms with van der Waals surface area (Å²) in [7, 11) is 0. The van der Waals surface area contributed by atoms with Crippen molar-refractivity contribution >= 4 is 11.6 Å². The molecule has 0 aromatic rings. The Kier molecular flexibility index (Phi) is 2.23. The maximum Gasteiger partial charge on any atom is 0.266 e. The van der Waals surface area contributed by atoms with Gasteiger partial charge in [-0.3, -0.25) is 4.79 Å². The third-order valence-electron chi connectivity index (χ3n) is 4.79. The van der Waals surface area contributed by atoms with Gasteiger partial charge in [-0.2, -0.15) is 0 Å². The van der Waals surface area contributed by atoms with Gasteiger partial charge in [-0.05, 0) is 25.7 Å². The van der Waals surface area contributed by atoms with E-state index in [1.807, 2.05) is 0 Å². The fourth-order valence-electron chi connectivity index (χ4n) is 3.97. The highest BCUT2D eigenvalue weighted by Gasteiger charge is 2.62. The van der Waals surface area contributed by atoms with Gasteiger partial charge in [0.15, 0.2) is 5.71 Å². The molecular weight excluding hydrogens is 232 g/mol. The third-order valence-corrected chi connectivity index (χ3v) is 4.79. The van der Waals surface area contributed by atoms with Crippen molar-refractivity contribution < 1.29 is 14.7 Å². The van der Waals surface area contributed by atoms with Gasteiger partial charge in [0.2, 0.25) is 0 Å². The van der Waals surface area contributed by atoms with E-state index in [1.54, 1.807) is 6.92 Å². The van der Waals surface area contributed by atoms with E-state index in [4.69, 9.17) is 17.0 Å². The molecule has 3 rings (SSSR count). The van der Waals surface area contributed by atoms with Gasteiger partial charge in [0, 0.05) is 11.8 Å².